The maximum absolute atomic E-state index is 5.99. The van der Waals surface area contributed by atoms with Crippen LogP contribution in [0.3, 0.4) is 0 Å². The topological polar surface area (TPSA) is 51.8 Å². The Labute approximate surface area is 80.3 Å². The molecule has 13 heavy (non-hydrogen) atoms. The molecule has 2 aromatic heterocycles. The zero-order valence-electron chi connectivity index (χ0n) is 6.92. The highest BCUT2D eigenvalue weighted by Gasteiger charge is 2.09. The minimum atomic E-state index is -0.0961. The lowest BCUT2D eigenvalue weighted by Gasteiger charge is -2.07. The highest BCUT2D eigenvalue weighted by atomic mass is 32.1. The number of nitrogens with zero attached hydrogens (tertiary/aromatic N) is 2. The molecule has 0 aliphatic rings. The van der Waals surface area contributed by atoms with Crippen molar-refractivity contribution in [2.45, 2.75) is 6.04 Å². The van der Waals surface area contributed by atoms with Crippen molar-refractivity contribution in [2.75, 3.05) is 0 Å². The first kappa shape index (κ1) is 8.34. The van der Waals surface area contributed by atoms with Gasteiger partial charge in [0.25, 0.3) is 0 Å². The minimum absolute atomic E-state index is 0.0961. The molecule has 0 saturated carbocycles. The van der Waals surface area contributed by atoms with Crippen molar-refractivity contribution >= 4 is 11.3 Å². The quantitative estimate of drug-likeness (QED) is 0.784. The van der Waals surface area contributed by atoms with E-state index in [2.05, 4.69) is 9.97 Å². The fraction of sp³-hybridized carbons (Fsp3) is 0.111. The molecule has 0 amide bonds. The van der Waals surface area contributed by atoms with E-state index in [1.807, 2.05) is 12.1 Å². The Morgan fingerprint density at radius 2 is 2.23 bits per heavy atom. The normalized spacial score (nSPS) is 12.7. The van der Waals surface area contributed by atoms with Crippen LogP contribution in [0.4, 0.5) is 0 Å². The fourth-order valence-electron chi connectivity index (χ4n) is 1.10. The van der Waals surface area contributed by atoms with E-state index in [-0.39, 0.29) is 6.04 Å². The van der Waals surface area contributed by atoms with Crippen molar-refractivity contribution in [3.63, 3.8) is 0 Å². The summed E-state index contributed by atoms with van der Waals surface area (Å²) < 4.78 is 0. The van der Waals surface area contributed by atoms with E-state index in [0.717, 1.165) is 10.4 Å². The third-order valence-corrected chi connectivity index (χ3v) is 2.66. The molecule has 1 atom stereocenters. The standard InChI is InChI=1S/C9H9N3S/c10-9(8-5-12-6-13-8)7-2-1-3-11-4-7/h1-6,9H,10H2. The van der Waals surface area contributed by atoms with Gasteiger partial charge < -0.3 is 5.73 Å². The largest absolute Gasteiger partial charge is 0.320 e. The monoisotopic (exact) mass is 191 g/mol. The summed E-state index contributed by atoms with van der Waals surface area (Å²) in [6.07, 6.45) is 5.32. The Morgan fingerprint density at radius 1 is 1.31 bits per heavy atom. The van der Waals surface area contributed by atoms with E-state index in [1.165, 1.54) is 0 Å². The van der Waals surface area contributed by atoms with Crippen LogP contribution in [0.15, 0.2) is 36.2 Å². The summed E-state index contributed by atoms with van der Waals surface area (Å²) in [6.45, 7) is 0. The summed E-state index contributed by atoms with van der Waals surface area (Å²) in [5.41, 5.74) is 8.79. The van der Waals surface area contributed by atoms with Crippen LogP contribution >= 0.6 is 11.3 Å². The summed E-state index contributed by atoms with van der Waals surface area (Å²) >= 11 is 1.56. The van der Waals surface area contributed by atoms with Crippen LogP contribution in [0.1, 0.15) is 16.5 Å². The van der Waals surface area contributed by atoms with Gasteiger partial charge in [-0.1, -0.05) is 6.07 Å². The van der Waals surface area contributed by atoms with E-state index in [4.69, 9.17) is 5.73 Å². The molecule has 0 aliphatic carbocycles. The predicted octanol–water partition coefficient (Wildman–Crippen LogP) is 1.59. The zero-order chi connectivity index (χ0) is 9.10. The molecule has 2 heterocycles. The molecular formula is C9H9N3S. The van der Waals surface area contributed by atoms with E-state index in [0.29, 0.717) is 0 Å². The van der Waals surface area contributed by atoms with Gasteiger partial charge in [-0.05, 0) is 11.6 Å². The van der Waals surface area contributed by atoms with E-state index in [9.17, 15) is 0 Å². The van der Waals surface area contributed by atoms with Crippen LogP contribution in [-0.2, 0) is 0 Å². The van der Waals surface area contributed by atoms with E-state index in [1.54, 1.807) is 35.4 Å². The fourth-order valence-corrected chi connectivity index (χ4v) is 1.75. The molecule has 1 unspecified atom stereocenters. The highest BCUT2D eigenvalue weighted by molar-refractivity contribution is 7.09. The number of aromatic nitrogens is 2. The lowest BCUT2D eigenvalue weighted by molar-refractivity contribution is 0.880. The number of thiazole rings is 1. The van der Waals surface area contributed by atoms with Crippen molar-refractivity contribution in [3.8, 4) is 0 Å². The molecule has 2 aromatic rings. The number of pyridine rings is 1. The maximum atomic E-state index is 5.99. The summed E-state index contributed by atoms with van der Waals surface area (Å²) in [7, 11) is 0. The number of rotatable bonds is 2. The summed E-state index contributed by atoms with van der Waals surface area (Å²) in [5.74, 6) is 0. The second kappa shape index (κ2) is 3.64. The van der Waals surface area contributed by atoms with E-state index < -0.39 is 0 Å². The molecule has 66 valence electrons. The average Bonchev–Trinajstić information content (AvgIpc) is 2.71. The third kappa shape index (κ3) is 1.74. The van der Waals surface area contributed by atoms with Gasteiger partial charge in [0, 0.05) is 23.5 Å². The lowest BCUT2D eigenvalue weighted by Crippen LogP contribution is -2.10. The molecule has 0 aromatic carbocycles. The third-order valence-electron chi connectivity index (χ3n) is 1.80. The Morgan fingerprint density at radius 3 is 2.85 bits per heavy atom. The van der Waals surface area contributed by atoms with Crippen molar-refractivity contribution < 1.29 is 0 Å². The van der Waals surface area contributed by atoms with Crippen LogP contribution in [0.2, 0.25) is 0 Å². The number of hydrogen-bond acceptors (Lipinski definition) is 4. The molecule has 0 bridgehead atoms. The molecule has 3 nitrogen and oxygen atoms in total. The number of hydrogen-bond donors (Lipinski definition) is 1. The second-order valence-corrected chi connectivity index (χ2v) is 3.59. The Bertz CT molecular complexity index is 358. The second-order valence-electron chi connectivity index (χ2n) is 2.67. The molecule has 0 spiro atoms. The predicted molar refractivity (Wildman–Crippen MR) is 52.4 cm³/mol. The molecule has 0 fully saturated rings. The maximum Gasteiger partial charge on any atom is 0.0794 e. The van der Waals surface area contributed by atoms with Crippen LogP contribution in [0.25, 0.3) is 0 Å². The molecule has 0 aliphatic heterocycles. The average molecular weight is 191 g/mol. The van der Waals surface area contributed by atoms with Crippen LogP contribution in [0.5, 0.6) is 0 Å². The Balaban J connectivity index is 2.29. The molecular weight excluding hydrogens is 182 g/mol. The van der Waals surface area contributed by atoms with Gasteiger partial charge in [0.2, 0.25) is 0 Å². The summed E-state index contributed by atoms with van der Waals surface area (Å²) in [6, 6.07) is 3.76. The first-order valence-electron chi connectivity index (χ1n) is 3.92. The first-order valence-corrected chi connectivity index (χ1v) is 4.80. The van der Waals surface area contributed by atoms with Crippen molar-refractivity contribution in [3.05, 3.63) is 46.7 Å². The van der Waals surface area contributed by atoms with E-state index >= 15 is 0 Å². The van der Waals surface area contributed by atoms with Crippen molar-refractivity contribution in [1.29, 1.82) is 0 Å². The zero-order valence-corrected chi connectivity index (χ0v) is 7.74. The lowest BCUT2D eigenvalue weighted by atomic mass is 10.1. The van der Waals surface area contributed by atoms with Gasteiger partial charge in [0.05, 0.1) is 11.6 Å². The molecule has 4 heteroatoms. The molecule has 0 saturated heterocycles. The van der Waals surface area contributed by atoms with Gasteiger partial charge in [-0.15, -0.1) is 11.3 Å². The van der Waals surface area contributed by atoms with Gasteiger partial charge in [-0.3, -0.25) is 9.97 Å². The number of nitrogens with two attached hydrogens (primary N) is 1. The Kier molecular flexibility index (Phi) is 2.33. The van der Waals surface area contributed by atoms with Gasteiger partial charge >= 0.3 is 0 Å². The first-order chi connectivity index (χ1) is 6.38. The smallest absolute Gasteiger partial charge is 0.0794 e. The summed E-state index contributed by atoms with van der Waals surface area (Å²) in [4.78, 5) is 9.07. The van der Waals surface area contributed by atoms with Crippen LogP contribution in [0, 0.1) is 0 Å². The van der Waals surface area contributed by atoms with Crippen molar-refractivity contribution in [2.24, 2.45) is 5.73 Å². The van der Waals surface area contributed by atoms with Crippen molar-refractivity contribution in [1.82, 2.24) is 9.97 Å². The van der Waals surface area contributed by atoms with Crippen LogP contribution < -0.4 is 5.73 Å². The minimum Gasteiger partial charge on any atom is -0.320 e. The molecule has 2 N–H and O–H groups in total. The molecule has 2 rings (SSSR count). The Hall–Kier alpha value is -1.26. The van der Waals surface area contributed by atoms with Gasteiger partial charge in [0.15, 0.2) is 0 Å². The molecule has 0 radical (unpaired) electrons. The van der Waals surface area contributed by atoms with Crippen LogP contribution in [-0.4, -0.2) is 9.97 Å². The van der Waals surface area contributed by atoms with Gasteiger partial charge in [-0.25, -0.2) is 0 Å². The summed E-state index contributed by atoms with van der Waals surface area (Å²) in [5, 5.41) is 0. The highest BCUT2D eigenvalue weighted by Crippen LogP contribution is 2.21. The SMILES string of the molecule is NC(c1cccnc1)c1cncs1. The van der Waals surface area contributed by atoms with Gasteiger partial charge in [-0.2, -0.15) is 0 Å². The van der Waals surface area contributed by atoms with Gasteiger partial charge in [0.1, 0.15) is 0 Å².